The molecule has 2 heterocycles. The van der Waals surface area contributed by atoms with Crippen molar-refractivity contribution in [3.8, 4) is 0 Å². The maximum absolute atomic E-state index is 14.2. The van der Waals surface area contributed by atoms with E-state index in [0.29, 0.717) is 6.42 Å². The summed E-state index contributed by atoms with van der Waals surface area (Å²) in [6, 6.07) is 0. The molecule has 3 nitrogen and oxygen atoms in total. The number of hydrogen-bond acceptors (Lipinski definition) is 2. The molecule has 0 unspecified atom stereocenters. The zero-order valence-electron chi connectivity index (χ0n) is 7.64. The minimum Gasteiger partial charge on any atom is -0.327 e. The van der Waals surface area contributed by atoms with Crippen molar-refractivity contribution in [1.82, 2.24) is 10.2 Å². The molecular weight excluding hydrogens is 171 g/mol. The highest BCUT2D eigenvalue weighted by Crippen LogP contribution is 2.39. The highest BCUT2D eigenvalue weighted by Gasteiger charge is 2.54. The van der Waals surface area contributed by atoms with Crippen LogP contribution in [0.4, 0.5) is 4.39 Å². The van der Waals surface area contributed by atoms with E-state index >= 15 is 0 Å². The van der Waals surface area contributed by atoms with Gasteiger partial charge in [0.2, 0.25) is 5.91 Å². The minimum atomic E-state index is -1.54. The third-order valence-electron chi connectivity index (χ3n) is 2.94. The number of carbonyl (C=O) groups excluding carboxylic acids is 1. The van der Waals surface area contributed by atoms with Gasteiger partial charge in [-0.3, -0.25) is 4.79 Å². The molecular formula is C9H13FN2O. The van der Waals surface area contributed by atoms with Crippen LogP contribution in [-0.4, -0.2) is 36.6 Å². The standard InChI is InChI=1S/C9H13FN2O/c1-6-9(10)5-12(2)4-3-7(9)8(13)11-6/h7H,1,3-5H2,2H3,(H,11,13)/t7-,9-/m0/s1. The summed E-state index contributed by atoms with van der Waals surface area (Å²) in [4.78, 5) is 13.2. The molecule has 0 aromatic carbocycles. The van der Waals surface area contributed by atoms with E-state index in [1.165, 1.54) is 0 Å². The summed E-state index contributed by atoms with van der Waals surface area (Å²) in [6.07, 6.45) is 0.581. The predicted octanol–water partition coefficient (Wildman–Crippen LogP) is 0.290. The van der Waals surface area contributed by atoms with E-state index in [1.54, 1.807) is 0 Å². The third-order valence-corrected chi connectivity index (χ3v) is 2.94. The first-order chi connectivity index (χ1) is 6.04. The Bertz CT molecular complexity index is 279. The average Bonchev–Trinajstić information content (AvgIpc) is 2.23. The summed E-state index contributed by atoms with van der Waals surface area (Å²) >= 11 is 0. The molecule has 1 amide bonds. The zero-order valence-corrected chi connectivity index (χ0v) is 7.64. The maximum Gasteiger partial charge on any atom is 0.231 e. The van der Waals surface area contributed by atoms with Gasteiger partial charge in [-0.2, -0.15) is 0 Å². The lowest BCUT2D eigenvalue weighted by molar-refractivity contribution is -0.126. The van der Waals surface area contributed by atoms with Gasteiger partial charge in [-0.15, -0.1) is 0 Å². The Kier molecular flexibility index (Phi) is 1.70. The van der Waals surface area contributed by atoms with Crippen LogP contribution in [-0.2, 0) is 4.79 Å². The molecule has 0 bridgehead atoms. The van der Waals surface area contributed by atoms with Crippen molar-refractivity contribution in [2.24, 2.45) is 5.92 Å². The quantitative estimate of drug-likeness (QED) is 0.587. The molecule has 72 valence electrons. The Morgan fingerprint density at radius 3 is 3.15 bits per heavy atom. The van der Waals surface area contributed by atoms with E-state index in [4.69, 9.17) is 0 Å². The molecule has 2 aliphatic rings. The van der Waals surface area contributed by atoms with Crippen LogP contribution in [0.3, 0.4) is 0 Å². The van der Waals surface area contributed by atoms with E-state index in [-0.39, 0.29) is 18.1 Å². The van der Waals surface area contributed by atoms with E-state index in [9.17, 15) is 9.18 Å². The van der Waals surface area contributed by atoms with E-state index < -0.39 is 11.6 Å². The van der Waals surface area contributed by atoms with E-state index in [1.807, 2.05) is 11.9 Å². The van der Waals surface area contributed by atoms with Crippen LogP contribution < -0.4 is 5.32 Å². The molecule has 13 heavy (non-hydrogen) atoms. The molecule has 4 heteroatoms. The number of fused-ring (bicyclic) bond motifs is 1. The Morgan fingerprint density at radius 1 is 1.77 bits per heavy atom. The van der Waals surface area contributed by atoms with Crippen molar-refractivity contribution in [1.29, 1.82) is 0 Å². The van der Waals surface area contributed by atoms with Gasteiger partial charge in [0.15, 0.2) is 5.67 Å². The second kappa shape index (κ2) is 2.54. The van der Waals surface area contributed by atoms with Gasteiger partial charge in [0.1, 0.15) is 0 Å². The van der Waals surface area contributed by atoms with Crippen molar-refractivity contribution < 1.29 is 9.18 Å². The van der Waals surface area contributed by atoms with Crippen LogP contribution in [0, 0.1) is 5.92 Å². The number of amides is 1. The fourth-order valence-corrected chi connectivity index (χ4v) is 2.14. The van der Waals surface area contributed by atoms with Crippen molar-refractivity contribution >= 4 is 5.91 Å². The highest BCUT2D eigenvalue weighted by molar-refractivity contribution is 5.86. The number of hydrogen-bond donors (Lipinski definition) is 1. The molecule has 2 saturated heterocycles. The average molecular weight is 184 g/mol. The summed E-state index contributed by atoms with van der Waals surface area (Å²) in [5.74, 6) is -0.725. The summed E-state index contributed by atoms with van der Waals surface area (Å²) < 4.78 is 14.2. The monoisotopic (exact) mass is 184 g/mol. The molecule has 0 radical (unpaired) electrons. The van der Waals surface area contributed by atoms with Crippen molar-refractivity contribution in [3.63, 3.8) is 0 Å². The van der Waals surface area contributed by atoms with Gasteiger partial charge in [-0.1, -0.05) is 6.58 Å². The largest absolute Gasteiger partial charge is 0.327 e. The SMILES string of the molecule is C=C1NC(=O)[C@@H]2CCN(C)C[C@]12F. The molecule has 0 saturated carbocycles. The second-order valence-electron chi connectivity index (χ2n) is 3.91. The number of nitrogens with one attached hydrogen (secondary N) is 1. The first-order valence-corrected chi connectivity index (χ1v) is 4.42. The summed E-state index contributed by atoms with van der Waals surface area (Å²) in [5.41, 5.74) is -1.31. The van der Waals surface area contributed by atoms with Gasteiger partial charge < -0.3 is 10.2 Å². The Labute approximate surface area is 76.6 Å². The molecule has 0 aromatic rings. The fraction of sp³-hybridized carbons (Fsp3) is 0.667. The number of alkyl halides is 1. The van der Waals surface area contributed by atoms with Crippen molar-refractivity contribution in [2.45, 2.75) is 12.1 Å². The first-order valence-electron chi connectivity index (χ1n) is 4.42. The third kappa shape index (κ3) is 1.09. The number of carbonyl (C=O) groups is 1. The number of piperidine rings is 1. The summed E-state index contributed by atoms with van der Waals surface area (Å²) in [5, 5.41) is 2.48. The predicted molar refractivity (Wildman–Crippen MR) is 46.7 cm³/mol. The van der Waals surface area contributed by atoms with Gasteiger partial charge >= 0.3 is 0 Å². The van der Waals surface area contributed by atoms with Crippen LogP contribution in [0.25, 0.3) is 0 Å². The van der Waals surface area contributed by atoms with Crippen molar-refractivity contribution in [3.05, 3.63) is 12.3 Å². The van der Waals surface area contributed by atoms with Gasteiger partial charge in [-0.25, -0.2) is 4.39 Å². The first kappa shape index (κ1) is 8.69. The molecule has 1 N–H and O–H groups in total. The Balaban J connectivity index is 2.31. The lowest BCUT2D eigenvalue weighted by Crippen LogP contribution is -2.49. The van der Waals surface area contributed by atoms with Crippen LogP contribution in [0.5, 0.6) is 0 Å². The van der Waals surface area contributed by atoms with Crippen LogP contribution in [0.1, 0.15) is 6.42 Å². The summed E-state index contributed by atoms with van der Waals surface area (Å²) in [7, 11) is 1.85. The lowest BCUT2D eigenvalue weighted by atomic mass is 9.84. The summed E-state index contributed by atoms with van der Waals surface area (Å²) in [6.45, 7) is 4.61. The molecule has 0 aromatic heterocycles. The van der Waals surface area contributed by atoms with E-state index in [2.05, 4.69) is 11.9 Å². The maximum atomic E-state index is 14.2. The number of rotatable bonds is 0. The molecule has 0 spiro atoms. The zero-order chi connectivity index (χ0) is 9.64. The molecule has 2 aliphatic heterocycles. The molecule has 2 rings (SSSR count). The van der Waals surface area contributed by atoms with Gasteiger partial charge in [0.05, 0.1) is 11.6 Å². The molecule has 2 atom stereocenters. The van der Waals surface area contributed by atoms with Crippen LogP contribution >= 0.6 is 0 Å². The van der Waals surface area contributed by atoms with Crippen molar-refractivity contribution in [2.75, 3.05) is 20.1 Å². The number of nitrogens with zero attached hydrogens (tertiary/aromatic N) is 1. The second-order valence-corrected chi connectivity index (χ2v) is 3.91. The van der Waals surface area contributed by atoms with Gasteiger partial charge in [0.25, 0.3) is 0 Å². The van der Waals surface area contributed by atoms with Crippen LogP contribution in [0.15, 0.2) is 12.3 Å². The van der Waals surface area contributed by atoms with Crippen LogP contribution in [0.2, 0.25) is 0 Å². The normalized spacial score (nSPS) is 40.3. The Hall–Kier alpha value is -0.900. The number of likely N-dealkylation sites (tertiary alicyclic amines) is 1. The topological polar surface area (TPSA) is 32.3 Å². The van der Waals surface area contributed by atoms with E-state index in [0.717, 1.165) is 6.54 Å². The lowest BCUT2D eigenvalue weighted by Gasteiger charge is -2.35. The number of halogens is 1. The Morgan fingerprint density at radius 2 is 2.46 bits per heavy atom. The smallest absolute Gasteiger partial charge is 0.231 e. The molecule has 2 fully saturated rings. The molecule has 0 aliphatic carbocycles. The fourth-order valence-electron chi connectivity index (χ4n) is 2.14. The highest BCUT2D eigenvalue weighted by atomic mass is 19.1. The van der Waals surface area contributed by atoms with Gasteiger partial charge in [-0.05, 0) is 20.0 Å². The minimum absolute atomic E-state index is 0.208. The van der Waals surface area contributed by atoms with Gasteiger partial charge in [0, 0.05) is 6.54 Å².